The average molecular weight is 670 g/mol. The number of fused-ring (bicyclic) bond motifs is 7. The number of benzene rings is 7. The average Bonchev–Trinajstić information content (AvgIpc) is 3.66. The fraction of sp³-hybridized carbons (Fsp3) is 0.0816. The number of nitrogens with two attached hydrogens (primary N) is 1. The van der Waals surface area contributed by atoms with Crippen LogP contribution in [0.3, 0.4) is 0 Å². The molecule has 1 heterocycles. The Morgan fingerprint density at radius 1 is 0.615 bits per heavy atom. The summed E-state index contributed by atoms with van der Waals surface area (Å²) in [5, 5.41) is 2.56. The molecule has 1 aromatic heterocycles. The maximum atomic E-state index is 6.68. The predicted molar refractivity (Wildman–Crippen MR) is 219 cm³/mol. The number of allylic oxidation sites excluding steroid dienone is 1. The number of rotatable bonds is 7. The second-order valence-corrected chi connectivity index (χ2v) is 14.2. The normalized spacial score (nSPS) is 13.7. The Kier molecular flexibility index (Phi) is 7.70. The highest BCUT2D eigenvalue weighted by Crippen LogP contribution is 2.52. The van der Waals surface area contributed by atoms with Gasteiger partial charge in [0.05, 0.1) is 23.3 Å². The first kappa shape index (κ1) is 31.5. The molecule has 0 saturated carbocycles. The van der Waals surface area contributed by atoms with Crippen LogP contribution in [0.15, 0.2) is 181 Å². The van der Waals surface area contributed by atoms with Gasteiger partial charge in [-0.15, -0.1) is 0 Å². The molecule has 0 atom stereocenters. The second-order valence-electron chi connectivity index (χ2n) is 14.2. The maximum absolute atomic E-state index is 6.68. The van der Waals surface area contributed by atoms with Crippen molar-refractivity contribution in [2.75, 3.05) is 0 Å². The largest absolute Gasteiger partial charge is 0.398 e. The van der Waals surface area contributed by atoms with Crippen molar-refractivity contribution in [3.05, 3.63) is 204 Å². The van der Waals surface area contributed by atoms with Crippen molar-refractivity contribution >= 4 is 33.2 Å². The summed E-state index contributed by atoms with van der Waals surface area (Å²) in [6.07, 6.45) is 2.01. The van der Waals surface area contributed by atoms with Crippen LogP contribution in [0.5, 0.6) is 0 Å². The topological polar surface area (TPSA) is 43.3 Å². The van der Waals surface area contributed by atoms with Crippen molar-refractivity contribution < 1.29 is 0 Å². The van der Waals surface area contributed by atoms with E-state index in [1.165, 1.54) is 49.6 Å². The number of aliphatic imine (C=N–C) groups is 1. The molecule has 3 nitrogen and oxygen atoms in total. The zero-order chi connectivity index (χ0) is 35.2. The molecule has 0 spiro atoms. The van der Waals surface area contributed by atoms with E-state index < -0.39 is 0 Å². The third kappa shape index (κ3) is 5.34. The van der Waals surface area contributed by atoms with Crippen LogP contribution in [0.25, 0.3) is 55.4 Å². The van der Waals surface area contributed by atoms with E-state index in [0.717, 1.165) is 33.7 Å². The van der Waals surface area contributed by atoms with E-state index in [1.54, 1.807) is 0 Å². The molecule has 0 aliphatic heterocycles. The van der Waals surface area contributed by atoms with Gasteiger partial charge in [-0.05, 0) is 74.8 Å². The lowest BCUT2D eigenvalue weighted by molar-refractivity contribution is 0.664. The van der Waals surface area contributed by atoms with Crippen molar-refractivity contribution in [3.8, 4) is 27.9 Å². The molecule has 9 rings (SSSR count). The van der Waals surface area contributed by atoms with E-state index in [-0.39, 0.29) is 5.41 Å². The van der Waals surface area contributed by atoms with E-state index in [1.807, 2.05) is 42.5 Å². The summed E-state index contributed by atoms with van der Waals surface area (Å²) in [4.78, 5) is 5.20. The molecular formula is C49H39N3. The monoisotopic (exact) mass is 669 g/mol. The molecule has 7 aromatic carbocycles. The van der Waals surface area contributed by atoms with Gasteiger partial charge in [0.15, 0.2) is 0 Å². The fourth-order valence-electron chi connectivity index (χ4n) is 8.08. The Labute approximate surface area is 305 Å². The molecule has 0 radical (unpaired) electrons. The highest BCUT2D eigenvalue weighted by molar-refractivity contribution is 6.14. The summed E-state index contributed by atoms with van der Waals surface area (Å²) >= 11 is 0. The third-order valence-corrected chi connectivity index (χ3v) is 10.6. The van der Waals surface area contributed by atoms with Gasteiger partial charge in [-0.1, -0.05) is 159 Å². The van der Waals surface area contributed by atoms with Crippen LogP contribution in [-0.4, -0.2) is 10.3 Å². The smallest absolute Gasteiger partial charge is 0.0671 e. The van der Waals surface area contributed by atoms with Crippen LogP contribution in [0, 0.1) is 0 Å². The Bertz CT molecular complexity index is 2660. The van der Waals surface area contributed by atoms with Crippen molar-refractivity contribution in [2.24, 2.45) is 10.7 Å². The van der Waals surface area contributed by atoms with Crippen molar-refractivity contribution in [1.29, 1.82) is 0 Å². The first-order valence-corrected chi connectivity index (χ1v) is 18.0. The number of hydrogen-bond acceptors (Lipinski definition) is 2. The SMILES string of the molecule is CC1(C)c2ccccc2-c2ccc3c4ccccc4n(-c4ccc(C/N=C(\C=C(/N)c5ccccc5)c5cccc(-c6ccccc6)c5)cc4)c3c21. The van der Waals surface area contributed by atoms with E-state index in [0.29, 0.717) is 12.2 Å². The van der Waals surface area contributed by atoms with E-state index in [4.69, 9.17) is 10.7 Å². The van der Waals surface area contributed by atoms with Gasteiger partial charge in [-0.25, -0.2) is 0 Å². The van der Waals surface area contributed by atoms with Crippen LogP contribution >= 0.6 is 0 Å². The quantitative estimate of drug-likeness (QED) is 0.169. The molecular weight excluding hydrogens is 631 g/mol. The number of nitrogens with zero attached hydrogens (tertiary/aromatic N) is 2. The predicted octanol–water partition coefficient (Wildman–Crippen LogP) is 11.7. The first-order valence-electron chi connectivity index (χ1n) is 18.0. The van der Waals surface area contributed by atoms with E-state index in [9.17, 15) is 0 Å². The van der Waals surface area contributed by atoms with Gasteiger partial charge in [-0.3, -0.25) is 4.99 Å². The molecule has 8 aromatic rings. The molecule has 0 bridgehead atoms. The maximum Gasteiger partial charge on any atom is 0.0671 e. The standard InChI is InChI=1S/C49H39N3/c1-49(2)43-22-11-9-20-39(43)41-28-29-42-40-21-10-12-23-46(40)52(48(42)47(41)49)38-26-24-33(25-27-38)32-51-45(31-44(50)35-16-7-4-8-17-35)37-19-13-18-36(30-37)34-14-5-3-6-15-34/h3-31H,32,50H2,1-2H3/b44-31-,51-45+. The minimum absolute atomic E-state index is 0.129. The zero-order valence-corrected chi connectivity index (χ0v) is 29.4. The Morgan fingerprint density at radius 3 is 2.10 bits per heavy atom. The van der Waals surface area contributed by atoms with Crippen LogP contribution < -0.4 is 5.73 Å². The first-order chi connectivity index (χ1) is 25.5. The molecule has 0 amide bonds. The van der Waals surface area contributed by atoms with E-state index in [2.05, 4.69) is 152 Å². The van der Waals surface area contributed by atoms with Gasteiger partial charge >= 0.3 is 0 Å². The van der Waals surface area contributed by atoms with Gasteiger partial charge < -0.3 is 10.3 Å². The summed E-state index contributed by atoms with van der Waals surface area (Å²) in [6, 6.07) is 60.3. The van der Waals surface area contributed by atoms with Gasteiger partial charge in [0.2, 0.25) is 0 Å². The second kappa shape index (κ2) is 12.7. The molecule has 0 saturated heterocycles. The van der Waals surface area contributed by atoms with Crippen molar-refractivity contribution in [3.63, 3.8) is 0 Å². The lowest BCUT2D eigenvalue weighted by Crippen LogP contribution is -2.16. The summed E-state index contributed by atoms with van der Waals surface area (Å²) in [5.74, 6) is 0. The minimum Gasteiger partial charge on any atom is -0.398 e. The summed E-state index contributed by atoms with van der Waals surface area (Å²) < 4.78 is 2.47. The van der Waals surface area contributed by atoms with Crippen molar-refractivity contribution in [1.82, 2.24) is 4.57 Å². The van der Waals surface area contributed by atoms with Gasteiger partial charge in [0.25, 0.3) is 0 Å². The number of aromatic nitrogens is 1. The highest BCUT2D eigenvalue weighted by Gasteiger charge is 2.38. The minimum atomic E-state index is -0.129. The lowest BCUT2D eigenvalue weighted by atomic mass is 9.81. The summed E-state index contributed by atoms with van der Waals surface area (Å²) in [5.41, 5.74) is 22.6. The fourth-order valence-corrected chi connectivity index (χ4v) is 8.08. The van der Waals surface area contributed by atoms with Crippen LogP contribution in [-0.2, 0) is 12.0 Å². The van der Waals surface area contributed by atoms with E-state index >= 15 is 0 Å². The molecule has 0 unspecified atom stereocenters. The number of hydrogen-bond donors (Lipinski definition) is 1. The molecule has 0 fully saturated rings. The van der Waals surface area contributed by atoms with Crippen LogP contribution in [0.2, 0.25) is 0 Å². The molecule has 3 heteroatoms. The molecule has 1 aliphatic rings. The van der Waals surface area contributed by atoms with Gasteiger partial charge in [0, 0.05) is 33.1 Å². The van der Waals surface area contributed by atoms with Crippen LogP contribution in [0.1, 0.15) is 41.7 Å². The molecule has 1 aliphatic carbocycles. The lowest BCUT2D eigenvalue weighted by Gasteiger charge is -2.23. The van der Waals surface area contributed by atoms with Crippen LogP contribution in [0.4, 0.5) is 0 Å². The zero-order valence-electron chi connectivity index (χ0n) is 29.4. The Balaban J connectivity index is 1.12. The van der Waals surface area contributed by atoms with Crippen molar-refractivity contribution in [2.45, 2.75) is 25.8 Å². The third-order valence-electron chi connectivity index (χ3n) is 10.6. The Hall–Kier alpha value is -6.45. The van der Waals surface area contributed by atoms with Gasteiger partial charge in [0.1, 0.15) is 0 Å². The molecule has 52 heavy (non-hydrogen) atoms. The highest BCUT2D eigenvalue weighted by atomic mass is 15.0. The molecule has 2 N–H and O–H groups in total. The molecule has 250 valence electrons. The number of para-hydroxylation sites is 1. The Morgan fingerprint density at radius 2 is 1.29 bits per heavy atom. The summed E-state index contributed by atoms with van der Waals surface area (Å²) in [6.45, 7) is 5.26. The summed E-state index contributed by atoms with van der Waals surface area (Å²) in [7, 11) is 0. The van der Waals surface area contributed by atoms with Gasteiger partial charge in [-0.2, -0.15) is 0 Å².